The molecule has 0 unspecified atom stereocenters. The monoisotopic (exact) mass is 488 g/mol. The van der Waals surface area contributed by atoms with Crippen molar-refractivity contribution in [2.75, 3.05) is 24.5 Å². The normalized spacial score (nSPS) is 24.1. The summed E-state index contributed by atoms with van der Waals surface area (Å²) >= 11 is 0. The summed E-state index contributed by atoms with van der Waals surface area (Å²) in [6, 6.07) is 4.26. The number of rotatable bonds is 5. The molecule has 10 nitrogen and oxygen atoms in total. The van der Waals surface area contributed by atoms with Gasteiger partial charge in [-0.1, -0.05) is 13.3 Å². The summed E-state index contributed by atoms with van der Waals surface area (Å²) in [5.74, 6) is 2.13. The van der Waals surface area contributed by atoms with E-state index in [0.717, 1.165) is 69.6 Å². The molecule has 184 valence electrons. The molecule has 5 rings (SSSR count). The van der Waals surface area contributed by atoms with E-state index in [2.05, 4.69) is 14.8 Å². The van der Waals surface area contributed by atoms with Crippen molar-refractivity contribution >= 4 is 21.4 Å². The van der Waals surface area contributed by atoms with Crippen LogP contribution in [0.2, 0.25) is 0 Å². The lowest BCUT2D eigenvalue weighted by Crippen LogP contribution is -2.39. The summed E-state index contributed by atoms with van der Waals surface area (Å²) in [6.45, 7) is 4.46. The summed E-state index contributed by atoms with van der Waals surface area (Å²) in [5, 5.41) is 21.0. The molecule has 3 aliphatic rings. The van der Waals surface area contributed by atoms with Crippen LogP contribution in [0.15, 0.2) is 23.1 Å². The Labute approximate surface area is 200 Å². The van der Waals surface area contributed by atoms with Gasteiger partial charge in [0.1, 0.15) is 11.5 Å². The van der Waals surface area contributed by atoms with Crippen molar-refractivity contribution < 1.29 is 13.3 Å². The molecule has 1 aromatic carbocycles. The van der Waals surface area contributed by atoms with Gasteiger partial charge in [0.15, 0.2) is 5.82 Å². The zero-order valence-corrected chi connectivity index (χ0v) is 20.4. The highest BCUT2D eigenvalue weighted by molar-refractivity contribution is 7.89. The molecule has 3 aliphatic heterocycles. The summed E-state index contributed by atoms with van der Waals surface area (Å²) in [7, 11) is -3.78. The van der Waals surface area contributed by atoms with Gasteiger partial charge in [0.25, 0.3) is 5.69 Å². The average molecular weight is 489 g/mol. The van der Waals surface area contributed by atoms with Crippen LogP contribution < -0.4 is 4.90 Å². The Morgan fingerprint density at radius 1 is 1.03 bits per heavy atom. The predicted octanol–water partition coefficient (Wildman–Crippen LogP) is 3.67. The van der Waals surface area contributed by atoms with Crippen LogP contribution in [0, 0.1) is 16.0 Å². The van der Waals surface area contributed by atoms with Gasteiger partial charge in [-0.2, -0.15) is 4.31 Å². The first-order valence-corrected chi connectivity index (χ1v) is 13.8. The van der Waals surface area contributed by atoms with Crippen LogP contribution in [0.3, 0.4) is 0 Å². The van der Waals surface area contributed by atoms with Gasteiger partial charge in [0.05, 0.1) is 15.9 Å². The number of nitro groups is 1. The molecule has 0 saturated carbocycles. The van der Waals surface area contributed by atoms with E-state index in [1.54, 1.807) is 6.07 Å². The fourth-order valence-electron chi connectivity index (χ4n) is 5.64. The van der Waals surface area contributed by atoms with E-state index in [1.807, 2.05) is 11.8 Å². The van der Waals surface area contributed by atoms with E-state index in [0.29, 0.717) is 25.3 Å². The first-order valence-electron chi connectivity index (χ1n) is 12.3. The molecule has 0 N–H and O–H groups in total. The molecule has 0 amide bonds. The number of sulfonamides is 1. The van der Waals surface area contributed by atoms with Gasteiger partial charge in [0, 0.05) is 38.7 Å². The molecular weight excluding hydrogens is 456 g/mol. The lowest BCUT2D eigenvalue weighted by atomic mass is 10.0. The molecule has 1 aromatic heterocycles. The Morgan fingerprint density at radius 2 is 1.85 bits per heavy atom. The smallest absolute Gasteiger partial charge is 0.293 e. The molecule has 4 heterocycles. The van der Waals surface area contributed by atoms with Crippen LogP contribution in [0.1, 0.15) is 69.6 Å². The lowest BCUT2D eigenvalue weighted by Gasteiger charge is -2.30. The molecule has 2 atom stereocenters. The fourth-order valence-corrected chi connectivity index (χ4v) is 7.26. The Balaban J connectivity index is 1.49. The number of piperidine rings is 1. The zero-order valence-electron chi connectivity index (χ0n) is 19.6. The predicted molar refractivity (Wildman–Crippen MR) is 127 cm³/mol. The van der Waals surface area contributed by atoms with Crippen molar-refractivity contribution in [3.63, 3.8) is 0 Å². The van der Waals surface area contributed by atoms with Crippen LogP contribution in [0.5, 0.6) is 0 Å². The van der Waals surface area contributed by atoms with Crippen molar-refractivity contribution in [3.05, 3.63) is 40.0 Å². The summed E-state index contributed by atoms with van der Waals surface area (Å²) < 4.78 is 30.2. The number of aromatic nitrogens is 3. The maximum Gasteiger partial charge on any atom is 0.293 e. The van der Waals surface area contributed by atoms with Gasteiger partial charge in [-0.05, 0) is 56.6 Å². The lowest BCUT2D eigenvalue weighted by molar-refractivity contribution is -0.384. The van der Waals surface area contributed by atoms with Crippen molar-refractivity contribution in [2.24, 2.45) is 5.92 Å². The van der Waals surface area contributed by atoms with Crippen LogP contribution >= 0.6 is 0 Å². The van der Waals surface area contributed by atoms with Gasteiger partial charge in [0.2, 0.25) is 10.0 Å². The number of fused-ring (bicyclic) bond motifs is 1. The first kappa shape index (κ1) is 23.2. The van der Waals surface area contributed by atoms with Crippen LogP contribution in [0.4, 0.5) is 11.4 Å². The molecular formula is C23H32N6O4S. The Hall–Kier alpha value is -2.53. The van der Waals surface area contributed by atoms with Gasteiger partial charge < -0.3 is 9.47 Å². The number of hydrogen-bond acceptors (Lipinski definition) is 7. The molecule has 2 fully saturated rings. The number of nitrogens with zero attached hydrogens (tertiary/aromatic N) is 6. The van der Waals surface area contributed by atoms with Gasteiger partial charge in [-0.25, -0.2) is 8.42 Å². The SMILES string of the molecule is C[C@@H]1CCCN(S(=O)(=O)c2ccc(N3CCC[C@@H]3c3nnc4n3CCCCC4)c([N+](=O)[O-])c2)C1. The Kier molecular flexibility index (Phi) is 6.32. The molecule has 0 radical (unpaired) electrons. The maximum absolute atomic E-state index is 13.3. The summed E-state index contributed by atoms with van der Waals surface area (Å²) in [6.07, 6.45) is 7.76. The number of nitro benzene ring substituents is 1. The van der Waals surface area contributed by atoms with E-state index in [1.165, 1.54) is 16.4 Å². The summed E-state index contributed by atoms with van der Waals surface area (Å²) in [4.78, 5) is 13.6. The van der Waals surface area contributed by atoms with Crippen molar-refractivity contribution in [1.29, 1.82) is 0 Å². The maximum atomic E-state index is 13.3. The topological polar surface area (TPSA) is 114 Å². The second kappa shape index (κ2) is 9.26. The summed E-state index contributed by atoms with van der Waals surface area (Å²) in [5.41, 5.74) is 0.276. The minimum absolute atomic E-state index is 0.0101. The average Bonchev–Trinajstić information content (AvgIpc) is 3.39. The Morgan fingerprint density at radius 3 is 2.65 bits per heavy atom. The second-order valence-corrected chi connectivity index (χ2v) is 11.7. The largest absolute Gasteiger partial charge is 0.356 e. The van der Waals surface area contributed by atoms with E-state index < -0.39 is 14.9 Å². The highest BCUT2D eigenvalue weighted by Gasteiger charge is 2.36. The quantitative estimate of drug-likeness (QED) is 0.466. The third-order valence-electron chi connectivity index (χ3n) is 7.40. The molecule has 2 aromatic rings. The number of anilines is 1. The van der Waals surface area contributed by atoms with E-state index in [9.17, 15) is 18.5 Å². The van der Waals surface area contributed by atoms with Gasteiger partial charge >= 0.3 is 0 Å². The minimum Gasteiger partial charge on any atom is -0.356 e. The molecule has 0 spiro atoms. The van der Waals surface area contributed by atoms with Gasteiger partial charge in [-0.3, -0.25) is 10.1 Å². The van der Waals surface area contributed by atoms with E-state index in [-0.39, 0.29) is 22.5 Å². The molecule has 0 aliphatic carbocycles. The second-order valence-electron chi connectivity index (χ2n) is 9.81. The molecule has 34 heavy (non-hydrogen) atoms. The zero-order chi connectivity index (χ0) is 23.9. The van der Waals surface area contributed by atoms with E-state index >= 15 is 0 Å². The first-order chi connectivity index (χ1) is 16.4. The van der Waals surface area contributed by atoms with Crippen LogP contribution in [-0.4, -0.2) is 52.0 Å². The standard InChI is InChI=1S/C23H32N6O4S/c1-17-7-5-12-26(16-17)34(32,33)18-10-11-19(21(15-18)29(30)31)27-14-6-8-20(27)23-25-24-22-9-3-2-4-13-28(22)23/h10-11,15,17,20H,2-9,12-14,16H2,1H3/t17-,20-/m1/s1. The molecule has 11 heteroatoms. The molecule has 2 saturated heterocycles. The number of hydrogen-bond donors (Lipinski definition) is 0. The number of aryl methyl sites for hydroxylation is 1. The van der Waals surface area contributed by atoms with Crippen molar-refractivity contribution in [1.82, 2.24) is 19.1 Å². The van der Waals surface area contributed by atoms with Crippen LogP contribution in [-0.2, 0) is 23.0 Å². The van der Waals surface area contributed by atoms with Crippen molar-refractivity contribution in [3.8, 4) is 0 Å². The highest BCUT2D eigenvalue weighted by atomic mass is 32.2. The van der Waals surface area contributed by atoms with Crippen molar-refractivity contribution in [2.45, 2.75) is 75.8 Å². The van der Waals surface area contributed by atoms with E-state index in [4.69, 9.17) is 0 Å². The fraction of sp³-hybridized carbons (Fsp3) is 0.652. The third kappa shape index (κ3) is 4.19. The highest BCUT2D eigenvalue weighted by Crippen LogP contribution is 2.41. The Bertz CT molecular complexity index is 1180. The minimum atomic E-state index is -3.78. The third-order valence-corrected chi connectivity index (χ3v) is 9.26. The van der Waals surface area contributed by atoms with Crippen LogP contribution in [0.25, 0.3) is 0 Å². The molecule has 0 bridgehead atoms. The van der Waals surface area contributed by atoms with Gasteiger partial charge in [-0.15, -0.1) is 10.2 Å². The number of benzene rings is 1.